The molecule has 1 fully saturated rings. The minimum absolute atomic E-state index is 0.220. The number of hydrogen-bond donors (Lipinski definition) is 3. The minimum atomic E-state index is -1.05. The van der Waals surface area contributed by atoms with E-state index in [1.165, 1.54) is 5.56 Å². The van der Waals surface area contributed by atoms with Crippen molar-refractivity contribution in [2.45, 2.75) is 63.2 Å². The lowest BCUT2D eigenvalue weighted by molar-refractivity contribution is -0.164. The van der Waals surface area contributed by atoms with Crippen molar-refractivity contribution in [1.29, 1.82) is 0 Å². The highest BCUT2D eigenvalue weighted by molar-refractivity contribution is 5.35. The van der Waals surface area contributed by atoms with E-state index >= 15 is 0 Å². The van der Waals surface area contributed by atoms with E-state index in [1.54, 1.807) is 0 Å². The highest BCUT2D eigenvalue weighted by atomic mass is 16.5. The van der Waals surface area contributed by atoms with Gasteiger partial charge in [-0.05, 0) is 42.9 Å². The lowest BCUT2D eigenvalue weighted by Gasteiger charge is -2.44. The molecule has 0 amide bonds. The molecule has 1 aliphatic heterocycles. The van der Waals surface area contributed by atoms with Gasteiger partial charge in [0.1, 0.15) is 12.0 Å². The smallest absolute Gasteiger partial charge is 0.154 e. The second-order valence-electron chi connectivity index (χ2n) is 9.13. The molecule has 1 saturated heterocycles. The zero-order valence-corrected chi connectivity index (χ0v) is 19.8. The number of likely N-dealkylation sites (tertiary alicyclic amines) is 1. The fraction of sp³-hybridized carbons (Fsp3) is 0.379. The lowest BCUT2D eigenvalue weighted by Crippen LogP contribution is -2.54. The van der Waals surface area contributed by atoms with E-state index in [9.17, 15) is 15.3 Å². The van der Waals surface area contributed by atoms with Crippen LogP contribution in [0.25, 0.3) is 0 Å². The predicted molar refractivity (Wildman–Crippen MR) is 133 cm³/mol. The Bertz CT molecular complexity index is 1030. The number of para-hydroxylation sites is 1. The minimum Gasteiger partial charge on any atom is -0.475 e. The van der Waals surface area contributed by atoms with Gasteiger partial charge < -0.3 is 20.1 Å². The maximum absolute atomic E-state index is 11.2. The molecule has 3 aromatic rings. The summed E-state index contributed by atoms with van der Waals surface area (Å²) in [4.78, 5) is 1.91. The fourth-order valence-electron chi connectivity index (χ4n) is 4.83. The molecule has 0 saturated carbocycles. The van der Waals surface area contributed by atoms with Crippen LogP contribution in [-0.2, 0) is 12.0 Å². The van der Waals surface area contributed by atoms with Crippen molar-refractivity contribution in [2.24, 2.45) is 0 Å². The Morgan fingerprint density at radius 3 is 2.29 bits per heavy atom. The van der Waals surface area contributed by atoms with Gasteiger partial charge in [0.2, 0.25) is 0 Å². The summed E-state index contributed by atoms with van der Waals surface area (Å²) in [5.74, 6) is 0.631. The summed E-state index contributed by atoms with van der Waals surface area (Å²) in [6.07, 6.45) is 0.914. The Kier molecular flexibility index (Phi) is 8.01. The number of hydrogen-bond acceptors (Lipinski definition) is 5. The quantitative estimate of drug-likeness (QED) is 0.428. The number of piperidine rings is 1. The molecule has 0 spiro atoms. The molecule has 3 N–H and O–H groups in total. The van der Waals surface area contributed by atoms with Crippen LogP contribution in [0.1, 0.15) is 55.4 Å². The summed E-state index contributed by atoms with van der Waals surface area (Å²) in [7, 11) is 0. The zero-order chi connectivity index (χ0) is 24.0. The third-order valence-corrected chi connectivity index (χ3v) is 6.81. The molecule has 1 heterocycles. The largest absolute Gasteiger partial charge is 0.475 e. The predicted octanol–water partition coefficient (Wildman–Crippen LogP) is 4.77. The Morgan fingerprint density at radius 2 is 1.62 bits per heavy atom. The van der Waals surface area contributed by atoms with Crippen LogP contribution >= 0.6 is 0 Å². The first-order valence-electron chi connectivity index (χ1n) is 12.2. The van der Waals surface area contributed by atoms with Crippen molar-refractivity contribution in [3.63, 3.8) is 0 Å². The maximum atomic E-state index is 11.2. The highest BCUT2D eigenvalue weighted by Gasteiger charge is 2.41. The van der Waals surface area contributed by atoms with Gasteiger partial charge in [0, 0.05) is 18.5 Å². The number of aryl methyl sites for hydroxylation is 1. The molecule has 4 unspecified atom stereocenters. The van der Waals surface area contributed by atoms with Crippen LogP contribution in [0.2, 0.25) is 0 Å². The van der Waals surface area contributed by atoms with Crippen LogP contribution in [0.4, 0.5) is 0 Å². The Labute approximate surface area is 202 Å². The van der Waals surface area contributed by atoms with E-state index in [1.807, 2.05) is 84.6 Å². The van der Waals surface area contributed by atoms with Gasteiger partial charge in [-0.2, -0.15) is 0 Å². The van der Waals surface area contributed by atoms with Crippen molar-refractivity contribution in [3.05, 3.63) is 102 Å². The average molecular weight is 462 g/mol. The molecule has 180 valence electrons. The Hall–Kier alpha value is -2.70. The van der Waals surface area contributed by atoms with E-state index in [-0.39, 0.29) is 12.6 Å². The molecular formula is C29H35NO4. The molecule has 3 aromatic carbocycles. The fourth-order valence-corrected chi connectivity index (χ4v) is 4.83. The molecule has 5 nitrogen and oxygen atoms in total. The molecule has 34 heavy (non-hydrogen) atoms. The van der Waals surface area contributed by atoms with E-state index in [4.69, 9.17) is 4.74 Å². The monoisotopic (exact) mass is 461 g/mol. The van der Waals surface area contributed by atoms with E-state index in [0.29, 0.717) is 31.6 Å². The van der Waals surface area contributed by atoms with Crippen LogP contribution in [-0.4, -0.2) is 39.2 Å². The molecule has 5 heteroatoms. The van der Waals surface area contributed by atoms with E-state index < -0.39 is 17.9 Å². The number of aliphatic hydroxyl groups is 3. The van der Waals surface area contributed by atoms with Crippen molar-refractivity contribution in [2.75, 3.05) is 6.54 Å². The third-order valence-electron chi connectivity index (χ3n) is 6.81. The first kappa shape index (κ1) is 24.4. The number of aliphatic hydroxyl groups excluding tert-OH is 2. The van der Waals surface area contributed by atoms with Gasteiger partial charge in [0.25, 0.3) is 0 Å². The van der Waals surface area contributed by atoms with Crippen LogP contribution in [0.3, 0.4) is 0 Å². The second kappa shape index (κ2) is 11.2. The number of rotatable bonds is 9. The number of ether oxygens (including phenoxy) is 1. The molecular weight excluding hydrogens is 426 g/mol. The van der Waals surface area contributed by atoms with Crippen LogP contribution in [0.15, 0.2) is 84.9 Å². The summed E-state index contributed by atoms with van der Waals surface area (Å²) in [6.45, 7) is 2.52. The standard InChI is InChI=1S/C29H35NO4/c1-2-28(30-20-19-29(33,21-27(30)32)23-13-7-4-8-14-23)34-26-16-10-9-15-24(26)25(31)18-17-22-11-5-3-6-12-22/h3-16,25,27-28,31-33H,2,17-21H2,1H3. The zero-order valence-electron chi connectivity index (χ0n) is 19.8. The molecule has 0 aromatic heterocycles. The molecule has 0 aliphatic carbocycles. The van der Waals surface area contributed by atoms with Gasteiger partial charge in [-0.1, -0.05) is 85.8 Å². The molecule has 0 radical (unpaired) electrons. The normalized spacial score (nSPS) is 22.8. The van der Waals surface area contributed by atoms with Gasteiger partial charge in [-0.15, -0.1) is 0 Å². The van der Waals surface area contributed by atoms with Crippen LogP contribution in [0.5, 0.6) is 5.75 Å². The van der Waals surface area contributed by atoms with Gasteiger partial charge >= 0.3 is 0 Å². The van der Waals surface area contributed by atoms with E-state index in [2.05, 4.69) is 12.1 Å². The van der Waals surface area contributed by atoms with Crippen molar-refractivity contribution >= 4 is 0 Å². The Morgan fingerprint density at radius 1 is 0.971 bits per heavy atom. The average Bonchev–Trinajstić information content (AvgIpc) is 2.87. The summed E-state index contributed by atoms with van der Waals surface area (Å²) < 4.78 is 6.38. The van der Waals surface area contributed by atoms with Crippen LogP contribution in [0, 0.1) is 0 Å². The van der Waals surface area contributed by atoms with Crippen LogP contribution < -0.4 is 4.74 Å². The molecule has 1 aliphatic rings. The maximum Gasteiger partial charge on any atom is 0.154 e. The van der Waals surface area contributed by atoms with Gasteiger partial charge in [0.15, 0.2) is 6.23 Å². The van der Waals surface area contributed by atoms with E-state index in [0.717, 1.165) is 17.5 Å². The molecule has 0 bridgehead atoms. The second-order valence-corrected chi connectivity index (χ2v) is 9.13. The first-order chi connectivity index (χ1) is 16.5. The topological polar surface area (TPSA) is 73.2 Å². The Balaban J connectivity index is 1.44. The first-order valence-corrected chi connectivity index (χ1v) is 12.2. The van der Waals surface area contributed by atoms with Gasteiger partial charge in [0.05, 0.1) is 11.7 Å². The van der Waals surface area contributed by atoms with Crippen molar-refractivity contribution in [3.8, 4) is 5.75 Å². The summed E-state index contributed by atoms with van der Waals surface area (Å²) in [5.41, 5.74) is 1.72. The summed E-state index contributed by atoms with van der Waals surface area (Å²) >= 11 is 0. The number of benzene rings is 3. The lowest BCUT2D eigenvalue weighted by atomic mass is 9.83. The summed E-state index contributed by atoms with van der Waals surface area (Å²) in [5, 5.41) is 33.1. The van der Waals surface area contributed by atoms with Gasteiger partial charge in [-0.3, -0.25) is 0 Å². The number of nitrogens with zero attached hydrogens (tertiary/aromatic N) is 1. The van der Waals surface area contributed by atoms with Crippen molar-refractivity contribution in [1.82, 2.24) is 4.90 Å². The molecule has 4 rings (SSSR count). The third kappa shape index (κ3) is 5.68. The van der Waals surface area contributed by atoms with Crippen molar-refractivity contribution < 1.29 is 20.1 Å². The van der Waals surface area contributed by atoms with Gasteiger partial charge in [-0.25, -0.2) is 4.90 Å². The SMILES string of the molecule is CCC(Oc1ccccc1C(O)CCc1ccccc1)N1CCC(O)(c2ccccc2)CC1O. The molecule has 4 atom stereocenters. The highest BCUT2D eigenvalue weighted by Crippen LogP contribution is 2.37. The summed E-state index contributed by atoms with van der Waals surface area (Å²) in [6, 6.07) is 27.3.